The molecule has 0 amide bonds. The molecule has 0 spiro atoms. The number of aromatic nitrogens is 3. The van der Waals surface area contributed by atoms with Crippen LogP contribution in [0, 0.1) is 6.92 Å². The van der Waals surface area contributed by atoms with Crippen LogP contribution in [0.25, 0.3) is 5.82 Å². The van der Waals surface area contributed by atoms with Gasteiger partial charge in [0.15, 0.2) is 5.84 Å². The summed E-state index contributed by atoms with van der Waals surface area (Å²) in [6.07, 6.45) is 4.30. The van der Waals surface area contributed by atoms with E-state index in [0.29, 0.717) is 11.4 Å². The van der Waals surface area contributed by atoms with Crippen LogP contribution in [0.2, 0.25) is 0 Å². The Morgan fingerprint density at radius 1 is 1.50 bits per heavy atom. The van der Waals surface area contributed by atoms with Gasteiger partial charge >= 0.3 is 0 Å². The number of nitrogens with zero attached hydrogens (tertiary/aromatic N) is 4. The number of nitrogens with two attached hydrogens (primary N) is 1. The molecule has 0 radical (unpaired) electrons. The summed E-state index contributed by atoms with van der Waals surface area (Å²) in [4.78, 5) is 8.69. The van der Waals surface area contributed by atoms with Crippen molar-refractivity contribution in [2.24, 2.45) is 10.9 Å². The Morgan fingerprint density at radius 2 is 2.28 bits per heavy atom. The molecule has 6 nitrogen and oxygen atoms in total. The molecule has 0 atom stereocenters. The highest BCUT2D eigenvalue weighted by Crippen LogP contribution is 2.15. The van der Waals surface area contributed by atoms with E-state index in [4.69, 9.17) is 10.9 Å². The maximum Gasteiger partial charge on any atom is 0.173 e. The number of rotatable bonds is 3. The van der Waals surface area contributed by atoms with Crippen molar-refractivity contribution in [2.75, 3.05) is 0 Å². The van der Waals surface area contributed by atoms with Gasteiger partial charge in [-0.3, -0.25) is 4.57 Å². The summed E-state index contributed by atoms with van der Waals surface area (Å²) in [5, 5.41) is 11.9. The fraction of sp³-hybridized carbons (Fsp3) is 0.250. The van der Waals surface area contributed by atoms with Gasteiger partial charge in [0.1, 0.15) is 11.6 Å². The van der Waals surface area contributed by atoms with Gasteiger partial charge in [-0.25, -0.2) is 9.97 Å². The molecule has 0 unspecified atom stereocenters. The molecule has 0 aromatic carbocycles. The Labute approximate surface area is 105 Å². The third kappa shape index (κ3) is 2.04. The Hall–Kier alpha value is -2.37. The van der Waals surface area contributed by atoms with Crippen LogP contribution >= 0.6 is 0 Å². The first-order chi connectivity index (χ1) is 8.67. The van der Waals surface area contributed by atoms with E-state index in [0.717, 1.165) is 17.9 Å². The molecule has 3 N–H and O–H groups in total. The van der Waals surface area contributed by atoms with Gasteiger partial charge in [-0.05, 0) is 19.1 Å². The molecule has 0 bridgehead atoms. The quantitative estimate of drug-likeness (QED) is 0.368. The van der Waals surface area contributed by atoms with Gasteiger partial charge in [-0.2, -0.15) is 0 Å². The minimum atomic E-state index is 0.0354. The smallest absolute Gasteiger partial charge is 0.173 e. The lowest BCUT2D eigenvalue weighted by Crippen LogP contribution is -2.18. The topological polar surface area (TPSA) is 89.3 Å². The third-order valence-electron chi connectivity index (χ3n) is 2.66. The Balaban J connectivity index is 2.65. The minimum absolute atomic E-state index is 0.0354. The van der Waals surface area contributed by atoms with Crippen LogP contribution in [-0.4, -0.2) is 25.6 Å². The molecular formula is C12H15N5O. The molecular weight excluding hydrogens is 230 g/mol. The first kappa shape index (κ1) is 12.1. The second kappa shape index (κ2) is 4.87. The summed E-state index contributed by atoms with van der Waals surface area (Å²) in [5.74, 6) is 1.54. The van der Waals surface area contributed by atoms with Crippen molar-refractivity contribution in [3.63, 3.8) is 0 Å². The lowest BCUT2D eigenvalue weighted by molar-refractivity contribution is 0.318. The zero-order valence-electron chi connectivity index (χ0n) is 10.3. The molecule has 0 saturated carbocycles. The van der Waals surface area contributed by atoms with Crippen LogP contribution in [0.15, 0.2) is 29.7 Å². The molecule has 2 aromatic rings. The number of oxime groups is 1. The molecule has 2 heterocycles. The lowest BCUT2D eigenvalue weighted by Gasteiger charge is -2.11. The number of aryl methyl sites for hydroxylation is 2. The van der Waals surface area contributed by atoms with Gasteiger partial charge < -0.3 is 10.9 Å². The summed E-state index contributed by atoms with van der Waals surface area (Å²) < 4.78 is 1.85. The van der Waals surface area contributed by atoms with E-state index < -0.39 is 0 Å². The van der Waals surface area contributed by atoms with E-state index in [9.17, 15) is 0 Å². The standard InChI is InChI=1S/C12H15N5O/c1-3-10-14-6-7-17(10)12-9(11(13)16-18)5-4-8(2)15-12/h4-7,18H,3H2,1-2H3,(H2,13,16). The molecule has 2 rings (SSSR count). The zero-order chi connectivity index (χ0) is 13.1. The molecule has 0 saturated heterocycles. The zero-order valence-corrected chi connectivity index (χ0v) is 10.3. The fourth-order valence-electron chi connectivity index (χ4n) is 1.77. The van der Waals surface area contributed by atoms with Crippen molar-refractivity contribution >= 4 is 5.84 Å². The highest BCUT2D eigenvalue weighted by atomic mass is 16.4. The summed E-state index contributed by atoms with van der Waals surface area (Å²) in [5.41, 5.74) is 7.11. The summed E-state index contributed by atoms with van der Waals surface area (Å²) in [6, 6.07) is 3.60. The monoisotopic (exact) mass is 245 g/mol. The van der Waals surface area contributed by atoms with Crippen LogP contribution in [0.1, 0.15) is 24.0 Å². The molecule has 0 aliphatic heterocycles. The van der Waals surface area contributed by atoms with Crippen molar-refractivity contribution in [1.82, 2.24) is 14.5 Å². The maximum atomic E-state index is 8.82. The van der Waals surface area contributed by atoms with Crippen LogP contribution in [-0.2, 0) is 6.42 Å². The number of amidine groups is 1. The van der Waals surface area contributed by atoms with E-state index in [1.807, 2.05) is 30.7 Å². The van der Waals surface area contributed by atoms with Crippen LogP contribution < -0.4 is 5.73 Å². The first-order valence-corrected chi connectivity index (χ1v) is 5.65. The molecule has 6 heteroatoms. The van der Waals surface area contributed by atoms with Gasteiger partial charge in [0.05, 0.1) is 5.56 Å². The molecule has 0 aliphatic carbocycles. The lowest BCUT2D eigenvalue weighted by atomic mass is 10.2. The van der Waals surface area contributed by atoms with E-state index in [2.05, 4.69) is 15.1 Å². The van der Waals surface area contributed by atoms with Gasteiger partial charge in [-0.1, -0.05) is 12.1 Å². The molecule has 2 aromatic heterocycles. The van der Waals surface area contributed by atoms with E-state index in [1.54, 1.807) is 12.3 Å². The predicted molar refractivity (Wildman–Crippen MR) is 68.0 cm³/mol. The van der Waals surface area contributed by atoms with Gasteiger partial charge in [0.2, 0.25) is 0 Å². The Morgan fingerprint density at radius 3 is 2.94 bits per heavy atom. The van der Waals surface area contributed by atoms with Gasteiger partial charge in [-0.15, -0.1) is 0 Å². The molecule has 0 fully saturated rings. The van der Waals surface area contributed by atoms with Crippen molar-refractivity contribution in [3.05, 3.63) is 41.6 Å². The van der Waals surface area contributed by atoms with Crippen molar-refractivity contribution in [2.45, 2.75) is 20.3 Å². The van der Waals surface area contributed by atoms with Crippen molar-refractivity contribution in [3.8, 4) is 5.82 Å². The van der Waals surface area contributed by atoms with E-state index in [-0.39, 0.29) is 5.84 Å². The summed E-state index contributed by atoms with van der Waals surface area (Å²) in [6.45, 7) is 3.90. The predicted octanol–water partition coefficient (Wildman–Crippen LogP) is 1.23. The van der Waals surface area contributed by atoms with Crippen LogP contribution in [0.3, 0.4) is 0 Å². The Kier molecular flexibility index (Phi) is 3.27. The number of pyridine rings is 1. The first-order valence-electron chi connectivity index (χ1n) is 5.65. The van der Waals surface area contributed by atoms with E-state index in [1.165, 1.54) is 0 Å². The normalized spacial score (nSPS) is 11.8. The molecule has 94 valence electrons. The van der Waals surface area contributed by atoms with Crippen molar-refractivity contribution < 1.29 is 5.21 Å². The molecule has 18 heavy (non-hydrogen) atoms. The minimum Gasteiger partial charge on any atom is -0.409 e. The fourth-order valence-corrected chi connectivity index (χ4v) is 1.77. The largest absolute Gasteiger partial charge is 0.409 e. The van der Waals surface area contributed by atoms with Crippen molar-refractivity contribution in [1.29, 1.82) is 0 Å². The Bertz CT molecular complexity index is 588. The van der Waals surface area contributed by atoms with Gasteiger partial charge in [0, 0.05) is 24.5 Å². The average Bonchev–Trinajstić information content (AvgIpc) is 2.85. The summed E-state index contributed by atoms with van der Waals surface area (Å²) in [7, 11) is 0. The SMILES string of the molecule is CCc1nccn1-c1nc(C)ccc1C(N)=NO. The van der Waals surface area contributed by atoms with E-state index >= 15 is 0 Å². The second-order valence-electron chi connectivity index (χ2n) is 3.88. The second-order valence-corrected chi connectivity index (χ2v) is 3.88. The van der Waals surface area contributed by atoms with Crippen LogP contribution in [0.4, 0.5) is 0 Å². The summed E-state index contributed by atoms with van der Waals surface area (Å²) >= 11 is 0. The average molecular weight is 245 g/mol. The maximum absolute atomic E-state index is 8.82. The third-order valence-corrected chi connectivity index (χ3v) is 2.66. The molecule has 0 aliphatic rings. The number of hydrogen-bond donors (Lipinski definition) is 2. The van der Waals surface area contributed by atoms with Crippen LogP contribution in [0.5, 0.6) is 0 Å². The number of imidazole rings is 1. The number of hydrogen-bond acceptors (Lipinski definition) is 4. The van der Waals surface area contributed by atoms with Gasteiger partial charge in [0.25, 0.3) is 0 Å². The highest BCUT2D eigenvalue weighted by molar-refractivity contribution is 5.99. The highest BCUT2D eigenvalue weighted by Gasteiger charge is 2.13.